The van der Waals surface area contributed by atoms with Gasteiger partial charge < -0.3 is 5.32 Å². The van der Waals surface area contributed by atoms with Crippen molar-refractivity contribution in [3.8, 4) is 0 Å². The highest BCUT2D eigenvalue weighted by molar-refractivity contribution is 9.10. The van der Waals surface area contributed by atoms with Gasteiger partial charge in [-0.1, -0.05) is 33.6 Å². The van der Waals surface area contributed by atoms with Crippen molar-refractivity contribution in [2.45, 2.75) is 6.92 Å². The first-order valence-electron chi connectivity index (χ1n) is 5.11. The zero-order valence-corrected chi connectivity index (χ0v) is 11.8. The Morgan fingerprint density at radius 1 is 1.33 bits per heavy atom. The average Bonchev–Trinajstić information content (AvgIpc) is 2.35. The molecule has 1 heterocycles. The number of aryl methyl sites for hydroxylation is 1. The molecule has 0 bridgehead atoms. The second-order valence-electron chi connectivity index (χ2n) is 3.64. The number of benzene rings is 1. The van der Waals surface area contributed by atoms with Crippen molar-refractivity contribution in [3.63, 3.8) is 0 Å². The summed E-state index contributed by atoms with van der Waals surface area (Å²) in [5.41, 5.74) is 1.61. The van der Waals surface area contributed by atoms with E-state index in [4.69, 9.17) is 11.6 Å². The summed E-state index contributed by atoms with van der Waals surface area (Å²) < 4.78 is 0.886. The lowest BCUT2D eigenvalue weighted by molar-refractivity contribution is 0.102. The molecule has 0 atom stereocenters. The van der Waals surface area contributed by atoms with Crippen LogP contribution in [-0.2, 0) is 0 Å². The van der Waals surface area contributed by atoms with Crippen molar-refractivity contribution in [2.75, 3.05) is 5.32 Å². The number of amides is 1. The zero-order valence-electron chi connectivity index (χ0n) is 9.45. The third-order valence-electron chi connectivity index (χ3n) is 2.30. The Bertz CT molecular complexity index is 586. The summed E-state index contributed by atoms with van der Waals surface area (Å²) in [6, 6.07) is 5.37. The van der Waals surface area contributed by atoms with Crippen LogP contribution in [0.4, 0.5) is 5.82 Å². The molecule has 1 amide bonds. The van der Waals surface area contributed by atoms with Crippen LogP contribution in [0.15, 0.2) is 35.1 Å². The second kappa shape index (κ2) is 5.46. The Labute approximate surface area is 118 Å². The molecule has 18 heavy (non-hydrogen) atoms. The Morgan fingerprint density at radius 3 is 2.72 bits per heavy atom. The summed E-state index contributed by atoms with van der Waals surface area (Å²) >= 11 is 8.99. The first-order chi connectivity index (χ1) is 8.56. The summed E-state index contributed by atoms with van der Waals surface area (Å²) in [5.74, 6) is 0.119. The maximum atomic E-state index is 11.9. The molecule has 1 aromatic heterocycles. The largest absolute Gasteiger partial charge is 0.305 e. The van der Waals surface area contributed by atoms with Gasteiger partial charge in [-0.25, -0.2) is 9.97 Å². The van der Waals surface area contributed by atoms with Crippen LogP contribution < -0.4 is 5.32 Å². The van der Waals surface area contributed by atoms with Crippen molar-refractivity contribution < 1.29 is 4.79 Å². The monoisotopic (exact) mass is 325 g/mol. The van der Waals surface area contributed by atoms with Crippen LogP contribution in [0.25, 0.3) is 0 Å². The van der Waals surface area contributed by atoms with Gasteiger partial charge in [0, 0.05) is 10.0 Å². The summed E-state index contributed by atoms with van der Waals surface area (Å²) in [5, 5.41) is 2.92. The summed E-state index contributed by atoms with van der Waals surface area (Å²) in [4.78, 5) is 19.7. The minimum atomic E-state index is -0.243. The molecule has 0 saturated carbocycles. The number of rotatable bonds is 2. The van der Waals surface area contributed by atoms with Gasteiger partial charge in [0.2, 0.25) is 0 Å². The summed E-state index contributed by atoms with van der Waals surface area (Å²) in [7, 11) is 0. The number of halogens is 2. The number of carbonyl (C=O) groups is 1. The molecule has 2 rings (SSSR count). The van der Waals surface area contributed by atoms with E-state index in [9.17, 15) is 4.79 Å². The van der Waals surface area contributed by atoms with Gasteiger partial charge in [-0.3, -0.25) is 4.79 Å². The molecule has 0 aliphatic carbocycles. The van der Waals surface area contributed by atoms with E-state index in [2.05, 4.69) is 31.2 Å². The Balaban J connectivity index is 2.16. The van der Waals surface area contributed by atoms with Crippen molar-refractivity contribution in [1.82, 2.24) is 9.97 Å². The maximum absolute atomic E-state index is 11.9. The van der Waals surface area contributed by atoms with Gasteiger partial charge in [-0.15, -0.1) is 0 Å². The van der Waals surface area contributed by atoms with Crippen molar-refractivity contribution in [1.29, 1.82) is 0 Å². The first kappa shape index (κ1) is 13.0. The second-order valence-corrected chi connectivity index (χ2v) is 4.88. The Hall–Kier alpha value is -1.46. The smallest absolute Gasteiger partial charge is 0.256 e. The van der Waals surface area contributed by atoms with Gasteiger partial charge in [0.25, 0.3) is 5.91 Å². The molecule has 0 spiro atoms. The SMILES string of the molecule is Cc1ccc(C(=O)Nc2cnc(Cl)cn2)cc1Br. The predicted molar refractivity (Wildman–Crippen MR) is 73.9 cm³/mol. The number of hydrogen-bond acceptors (Lipinski definition) is 3. The summed E-state index contributed by atoms with van der Waals surface area (Å²) in [6.45, 7) is 1.95. The number of carbonyl (C=O) groups excluding carboxylic acids is 1. The van der Waals surface area contributed by atoms with E-state index in [1.807, 2.05) is 13.0 Å². The highest BCUT2D eigenvalue weighted by Gasteiger charge is 2.08. The molecule has 4 nitrogen and oxygen atoms in total. The number of aromatic nitrogens is 2. The van der Waals surface area contributed by atoms with Crippen LogP contribution in [0.1, 0.15) is 15.9 Å². The Morgan fingerprint density at radius 2 is 2.11 bits per heavy atom. The van der Waals surface area contributed by atoms with E-state index < -0.39 is 0 Å². The third kappa shape index (κ3) is 3.05. The molecule has 0 saturated heterocycles. The minimum absolute atomic E-state index is 0.243. The molecule has 92 valence electrons. The topological polar surface area (TPSA) is 54.9 Å². The first-order valence-corrected chi connectivity index (χ1v) is 6.28. The number of anilines is 1. The number of hydrogen-bond donors (Lipinski definition) is 1. The van der Waals surface area contributed by atoms with Crippen LogP contribution in [0.3, 0.4) is 0 Å². The molecule has 6 heteroatoms. The lowest BCUT2D eigenvalue weighted by atomic mass is 10.1. The number of nitrogens with one attached hydrogen (secondary N) is 1. The van der Waals surface area contributed by atoms with Gasteiger partial charge in [-0.2, -0.15) is 0 Å². The summed E-state index contributed by atoms with van der Waals surface area (Å²) in [6.07, 6.45) is 2.78. The molecule has 2 aromatic rings. The molecular formula is C12H9BrClN3O. The normalized spacial score (nSPS) is 10.2. The van der Waals surface area contributed by atoms with Gasteiger partial charge >= 0.3 is 0 Å². The van der Waals surface area contributed by atoms with E-state index in [0.717, 1.165) is 10.0 Å². The van der Waals surface area contributed by atoms with E-state index in [-0.39, 0.29) is 11.1 Å². The van der Waals surface area contributed by atoms with Gasteiger partial charge in [0.05, 0.1) is 12.4 Å². The molecule has 0 aliphatic rings. The highest BCUT2D eigenvalue weighted by atomic mass is 79.9. The molecule has 1 N–H and O–H groups in total. The standard InChI is InChI=1S/C12H9BrClN3O/c1-7-2-3-8(4-9(7)13)12(18)17-11-6-15-10(14)5-16-11/h2-6H,1H3,(H,16,17,18). The third-order valence-corrected chi connectivity index (χ3v) is 3.35. The van der Waals surface area contributed by atoms with Crippen LogP contribution in [0, 0.1) is 6.92 Å². The van der Waals surface area contributed by atoms with E-state index in [0.29, 0.717) is 11.4 Å². The van der Waals surface area contributed by atoms with Gasteiger partial charge in [0.1, 0.15) is 5.15 Å². The maximum Gasteiger partial charge on any atom is 0.256 e. The van der Waals surface area contributed by atoms with Crippen LogP contribution in [-0.4, -0.2) is 15.9 Å². The van der Waals surface area contributed by atoms with Crippen molar-refractivity contribution in [2.24, 2.45) is 0 Å². The quantitative estimate of drug-likeness (QED) is 0.919. The Kier molecular flexibility index (Phi) is 3.93. The molecule has 0 unspecified atom stereocenters. The number of nitrogens with zero attached hydrogens (tertiary/aromatic N) is 2. The van der Waals surface area contributed by atoms with Crippen LogP contribution >= 0.6 is 27.5 Å². The van der Waals surface area contributed by atoms with Crippen LogP contribution in [0.5, 0.6) is 0 Å². The fourth-order valence-corrected chi connectivity index (χ4v) is 1.78. The fourth-order valence-electron chi connectivity index (χ4n) is 1.30. The van der Waals surface area contributed by atoms with Gasteiger partial charge in [-0.05, 0) is 24.6 Å². The highest BCUT2D eigenvalue weighted by Crippen LogP contribution is 2.18. The minimum Gasteiger partial charge on any atom is -0.305 e. The van der Waals surface area contributed by atoms with Crippen LogP contribution in [0.2, 0.25) is 5.15 Å². The van der Waals surface area contributed by atoms with Gasteiger partial charge in [0.15, 0.2) is 5.82 Å². The molecule has 0 fully saturated rings. The lowest BCUT2D eigenvalue weighted by Gasteiger charge is -2.05. The van der Waals surface area contributed by atoms with Crippen molar-refractivity contribution >= 4 is 39.3 Å². The lowest BCUT2D eigenvalue weighted by Crippen LogP contribution is -2.13. The average molecular weight is 327 g/mol. The molecule has 0 aliphatic heterocycles. The van der Waals surface area contributed by atoms with E-state index in [1.54, 1.807) is 12.1 Å². The molecule has 1 aromatic carbocycles. The molecular weight excluding hydrogens is 318 g/mol. The predicted octanol–water partition coefficient (Wildman–Crippen LogP) is 3.45. The van der Waals surface area contributed by atoms with Crippen molar-refractivity contribution in [3.05, 3.63) is 51.3 Å². The van der Waals surface area contributed by atoms with E-state index in [1.165, 1.54) is 12.4 Å². The molecule has 0 radical (unpaired) electrons. The fraction of sp³-hybridized carbons (Fsp3) is 0.0833. The zero-order chi connectivity index (χ0) is 13.1. The van der Waals surface area contributed by atoms with E-state index >= 15 is 0 Å².